The number of ketones is 1. The fraction of sp³-hybridized carbons (Fsp3) is 0.417. The molecule has 0 N–H and O–H groups in total. The molecule has 88 valence electrons. The normalized spacial score (nSPS) is 10.2. The van der Waals surface area contributed by atoms with Crippen LogP contribution in [0.2, 0.25) is 0 Å². The van der Waals surface area contributed by atoms with Gasteiger partial charge in [-0.05, 0) is 36.9 Å². The zero-order valence-electron chi connectivity index (χ0n) is 9.46. The van der Waals surface area contributed by atoms with E-state index in [0.717, 1.165) is 16.2 Å². The SMILES string of the molecule is CCOc1cc(CC(=O)CBr)cc(SC)c1. The molecule has 0 fully saturated rings. The first-order valence-electron chi connectivity index (χ1n) is 5.08. The number of rotatable bonds is 6. The van der Waals surface area contributed by atoms with Crippen molar-refractivity contribution in [3.63, 3.8) is 0 Å². The number of benzene rings is 1. The second-order valence-corrected chi connectivity index (χ2v) is 4.74. The fourth-order valence-corrected chi connectivity index (χ4v) is 2.08. The van der Waals surface area contributed by atoms with E-state index in [1.54, 1.807) is 11.8 Å². The van der Waals surface area contributed by atoms with Crippen molar-refractivity contribution < 1.29 is 9.53 Å². The van der Waals surface area contributed by atoms with Gasteiger partial charge in [0.25, 0.3) is 0 Å². The molecule has 2 nitrogen and oxygen atoms in total. The lowest BCUT2D eigenvalue weighted by molar-refractivity contribution is -0.115. The number of carbonyl (C=O) groups excluding carboxylic acids is 1. The van der Waals surface area contributed by atoms with Crippen LogP contribution in [0.3, 0.4) is 0 Å². The summed E-state index contributed by atoms with van der Waals surface area (Å²) in [6.07, 6.45) is 2.47. The Kier molecular flexibility index (Phi) is 5.91. The summed E-state index contributed by atoms with van der Waals surface area (Å²) in [5.74, 6) is 1.02. The third-order valence-electron chi connectivity index (χ3n) is 2.04. The highest BCUT2D eigenvalue weighted by Crippen LogP contribution is 2.24. The van der Waals surface area contributed by atoms with Crippen LogP contribution in [0.1, 0.15) is 12.5 Å². The first kappa shape index (κ1) is 13.6. The van der Waals surface area contributed by atoms with Crippen LogP contribution in [0.4, 0.5) is 0 Å². The largest absolute Gasteiger partial charge is 0.494 e. The average Bonchev–Trinajstić information content (AvgIpc) is 2.29. The minimum Gasteiger partial charge on any atom is -0.494 e. The maximum Gasteiger partial charge on any atom is 0.147 e. The van der Waals surface area contributed by atoms with Crippen molar-refractivity contribution in [3.8, 4) is 5.75 Å². The summed E-state index contributed by atoms with van der Waals surface area (Å²) in [4.78, 5) is 12.5. The van der Waals surface area contributed by atoms with Gasteiger partial charge in [-0.25, -0.2) is 0 Å². The lowest BCUT2D eigenvalue weighted by Gasteiger charge is -2.08. The Morgan fingerprint density at radius 2 is 2.19 bits per heavy atom. The molecule has 0 aromatic heterocycles. The highest BCUT2D eigenvalue weighted by molar-refractivity contribution is 9.09. The van der Waals surface area contributed by atoms with Gasteiger partial charge in [-0.2, -0.15) is 0 Å². The molecule has 1 aromatic carbocycles. The van der Waals surface area contributed by atoms with Gasteiger partial charge in [0.15, 0.2) is 0 Å². The predicted octanol–water partition coefficient (Wildman–Crippen LogP) is 3.31. The number of hydrogen-bond donors (Lipinski definition) is 0. The third kappa shape index (κ3) is 4.18. The number of Topliss-reactive ketones (excluding diaryl/α,β-unsaturated/α-hetero) is 1. The smallest absolute Gasteiger partial charge is 0.147 e. The molecular formula is C12H15BrO2S. The van der Waals surface area contributed by atoms with Gasteiger partial charge in [-0.3, -0.25) is 4.79 Å². The number of carbonyl (C=O) groups is 1. The van der Waals surface area contributed by atoms with Gasteiger partial charge in [0, 0.05) is 11.3 Å². The van der Waals surface area contributed by atoms with Crippen molar-refractivity contribution in [1.29, 1.82) is 0 Å². The molecule has 0 radical (unpaired) electrons. The first-order valence-corrected chi connectivity index (χ1v) is 7.42. The molecule has 0 amide bonds. The Balaban J connectivity index is 2.90. The predicted molar refractivity (Wildman–Crippen MR) is 71.9 cm³/mol. The summed E-state index contributed by atoms with van der Waals surface area (Å²) in [6.45, 7) is 2.60. The van der Waals surface area contributed by atoms with E-state index >= 15 is 0 Å². The Labute approximate surface area is 109 Å². The molecule has 0 aliphatic carbocycles. The highest BCUT2D eigenvalue weighted by Gasteiger charge is 2.05. The second kappa shape index (κ2) is 6.97. The van der Waals surface area contributed by atoms with Crippen molar-refractivity contribution in [3.05, 3.63) is 23.8 Å². The van der Waals surface area contributed by atoms with Crippen LogP contribution in [0.5, 0.6) is 5.75 Å². The molecule has 0 aliphatic rings. The molecule has 0 heterocycles. The fourth-order valence-electron chi connectivity index (χ4n) is 1.38. The molecule has 0 saturated heterocycles. The lowest BCUT2D eigenvalue weighted by Crippen LogP contribution is -2.04. The Morgan fingerprint density at radius 1 is 1.44 bits per heavy atom. The van der Waals surface area contributed by atoms with E-state index < -0.39 is 0 Å². The first-order chi connectivity index (χ1) is 7.69. The maximum atomic E-state index is 11.4. The van der Waals surface area contributed by atoms with Crippen molar-refractivity contribution >= 4 is 33.5 Å². The summed E-state index contributed by atoms with van der Waals surface area (Å²) in [7, 11) is 0. The topological polar surface area (TPSA) is 26.3 Å². The quantitative estimate of drug-likeness (QED) is 0.596. The molecule has 0 spiro atoms. The molecule has 16 heavy (non-hydrogen) atoms. The lowest BCUT2D eigenvalue weighted by atomic mass is 10.1. The average molecular weight is 303 g/mol. The second-order valence-electron chi connectivity index (χ2n) is 3.30. The monoisotopic (exact) mass is 302 g/mol. The Hall–Kier alpha value is -0.480. The number of ether oxygens (including phenoxy) is 1. The van der Waals surface area contributed by atoms with Crippen molar-refractivity contribution in [2.75, 3.05) is 18.2 Å². The summed E-state index contributed by atoms with van der Waals surface area (Å²) < 4.78 is 5.47. The Morgan fingerprint density at radius 3 is 2.75 bits per heavy atom. The van der Waals surface area contributed by atoms with E-state index in [4.69, 9.17) is 4.74 Å². The molecular weight excluding hydrogens is 288 g/mol. The van der Waals surface area contributed by atoms with Crippen LogP contribution >= 0.6 is 27.7 Å². The van der Waals surface area contributed by atoms with E-state index in [2.05, 4.69) is 15.9 Å². The van der Waals surface area contributed by atoms with Crippen molar-refractivity contribution in [2.45, 2.75) is 18.2 Å². The Bertz CT molecular complexity index is 366. The molecule has 0 atom stereocenters. The number of alkyl halides is 1. The minimum absolute atomic E-state index is 0.181. The van der Waals surface area contributed by atoms with E-state index in [1.165, 1.54) is 0 Å². The van der Waals surface area contributed by atoms with Gasteiger partial charge >= 0.3 is 0 Å². The summed E-state index contributed by atoms with van der Waals surface area (Å²) in [6, 6.07) is 5.97. The number of thioether (sulfide) groups is 1. The zero-order valence-corrected chi connectivity index (χ0v) is 11.9. The minimum atomic E-state index is 0.181. The standard InChI is InChI=1S/C12H15BrO2S/c1-3-15-11-5-9(4-10(14)8-13)6-12(7-11)16-2/h5-7H,3-4,8H2,1-2H3. The molecule has 0 unspecified atom stereocenters. The van der Waals surface area contributed by atoms with Crippen molar-refractivity contribution in [2.24, 2.45) is 0 Å². The van der Waals surface area contributed by atoms with E-state index in [9.17, 15) is 4.79 Å². The number of halogens is 1. The molecule has 0 saturated carbocycles. The van der Waals surface area contributed by atoms with Gasteiger partial charge in [0.1, 0.15) is 11.5 Å². The van der Waals surface area contributed by atoms with Crippen LogP contribution in [0.25, 0.3) is 0 Å². The summed E-state index contributed by atoms with van der Waals surface area (Å²) >= 11 is 4.83. The van der Waals surface area contributed by atoms with Crippen LogP contribution in [0.15, 0.2) is 23.1 Å². The van der Waals surface area contributed by atoms with Crippen LogP contribution < -0.4 is 4.74 Å². The van der Waals surface area contributed by atoms with E-state index in [-0.39, 0.29) is 5.78 Å². The summed E-state index contributed by atoms with van der Waals surface area (Å²) in [5, 5.41) is 0.403. The molecule has 4 heteroatoms. The van der Waals surface area contributed by atoms with Crippen LogP contribution in [0, 0.1) is 0 Å². The molecule has 1 aromatic rings. The zero-order chi connectivity index (χ0) is 12.0. The maximum absolute atomic E-state index is 11.4. The summed E-state index contributed by atoms with van der Waals surface area (Å²) in [5.41, 5.74) is 1.01. The number of hydrogen-bond acceptors (Lipinski definition) is 3. The van der Waals surface area contributed by atoms with Gasteiger partial charge in [0.2, 0.25) is 0 Å². The molecule has 0 aliphatic heterocycles. The van der Waals surface area contributed by atoms with Gasteiger partial charge in [-0.1, -0.05) is 15.9 Å². The van der Waals surface area contributed by atoms with Gasteiger partial charge in [-0.15, -0.1) is 11.8 Å². The van der Waals surface area contributed by atoms with Gasteiger partial charge < -0.3 is 4.74 Å². The third-order valence-corrected chi connectivity index (χ3v) is 3.37. The molecule has 0 bridgehead atoms. The van der Waals surface area contributed by atoms with Crippen molar-refractivity contribution in [1.82, 2.24) is 0 Å². The van der Waals surface area contributed by atoms with Gasteiger partial charge in [0.05, 0.1) is 11.9 Å². The van der Waals surface area contributed by atoms with Crippen LogP contribution in [-0.4, -0.2) is 24.0 Å². The molecule has 1 rings (SSSR count). The van der Waals surface area contributed by atoms with Crippen LogP contribution in [-0.2, 0) is 11.2 Å². The highest BCUT2D eigenvalue weighted by atomic mass is 79.9. The van der Waals surface area contributed by atoms with E-state index in [0.29, 0.717) is 18.4 Å². The van der Waals surface area contributed by atoms with E-state index in [1.807, 2.05) is 31.4 Å².